The fourth-order valence-electron chi connectivity index (χ4n) is 2.51. The van der Waals surface area contributed by atoms with Crippen LogP contribution in [-0.2, 0) is 9.59 Å². The Labute approximate surface area is 96.6 Å². The van der Waals surface area contributed by atoms with Gasteiger partial charge >= 0.3 is 5.97 Å². The van der Waals surface area contributed by atoms with Crippen molar-refractivity contribution in [1.82, 2.24) is 4.90 Å². The molecule has 4 nitrogen and oxygen atoms in total. The summed E-state index contributed by atoms with van der Waals surface area (Å²) in [6.07, 6.45) is 6.39. The Morgan fingerprint density at radius 1 is 1.19 bits per heavy atom. The number of hydrogen-bond acceptors (Lipinski definition) is 2. The number of carbonyl (C=O) groups is 2. The molecule has 0 aliphatic heterocycles. The maximum Gasteiger partial charge on any atom is 0.326 e. The smallest absolute Gasteiger partial charge is 0.326 e. The second kappa shape index (κ2) is 5.87. The molecule has 1 fully saturated rings. The molecule has 1 saturated carbocycles. The van der Waals surface area contributed by atoms with Crippen molar-refractivity contribution in [3.8, 4) is 0 Å². The quantitative estimate of drug-likeness (QED) is 0.749. The van der Waals surface area contributed by atoms with Gasteiger partial charge in [0.2, 0.25) is 5.91 Å². The van der Waals surface area contributed by atoms with Gasteiger partial charge in [0.1, 0.15) is 6.04 Å². The molecule has 0 heterocycles. The normalized spacial score (nSPS) is 19.9. The van der Waals surface area contributed by atoms with Crippen LogP contribution in [0.15, 0.2) is 0 Å². The van der Waals surface area contributed by atoms with E-state index < -0.39 is 12.0 Å². The number of amides is 1. The zero-order valence-corrected chi connectivity index (χ0v) is 10.1. The predicted octanol–water partition coefficient (Wildman–Crippen LogP) is 1.89. The largest absolute Gasteiger partial charge is 0.480 e. The zero-order chi connectivity index (χ0) is 12.1. The van der Waals surface area contributed by atoms with Crippen LogP contribution in [0.4, 0.5) is 0 Å². The third kappa shape index (κ3) is 3.22. The fourth-order valence-corrected chi connectivity index (χ4v) is 2.51. The average Bonchev–Trinajstić information content (AvgIpc) is 2.46. The van der Waals surface area contributed by atoms with Crippen molar-refractivity contribution in [2.24, 2.45) is 5.92 Å². The number of hydrogen-bond donors (Lipinski definition) is 1. The van der Waals surface area contributed by atoms with Crippen LogP contribution < -0.4 is 0 Å². The van der Waals surface area contributed by atoms with Crippen LogP contribution in [-0.4, -0.2) is 35.0 Å². The van der Waals surface area contributed by atoms with E-state index in [1.807, 2.05) is 0 Å². The minimum absolute atomic E-state index is 0.119. The van der Waals surface area contributed by atoms with Crippen LogP contribution in [0.1, 0.15) is 45.4 Å². The molecule has 1 atom stereocenters. The summed E-state index contributed by atoms with van der Waals surface area (Å²) in [7, 11) is 1.59. The van der Waals surface area contributed by atoms with Gasteiger partial charge in [-0.05, 0) is 18.8 Å². The van der Waals surface area contributed by atoms with Crippen molar-refractivity contribution >= 4 is 11.9 Å². The Bertz CT molecular complexity index is 257. The molecule has 1 aliphatic rings. The van der Waals surface area contributed by atoms with Gasteiger partial charge in [-0.1, -0.05) is 25.7 Å². The molecule has 0 radical (unpaired) electrons. The van der Waals surface area contributed by atoms with E-state index in [1.165, 1.54) is 24.7 Å². The summed E-state index contributed by atoms with van der Waals surface area (Å²) in [5.41, 5.74) is 0. The molecule has 16 heavy (non-hydrogen) atoms. The highest BCUT2D eigenvalue weighted by atomic mass is 16.4. The molecule has 1 N–H and O–H groups in total. The van der Waals surface area contributed by atoms with Crippen molar-refractivity contribution in [1.29, 1.82) is 0 Å². The topological polar surface area (TPSA) is 57.6 Å². The monoisotopic (exact) mass is 227 g/mol. The van der Waals surface area contributed by atoms with Crippen LogP contribution >= 0.6 is 0 Å². The molecular formula is C12H21NO3. The second-order valence-corrected chi connectivity index (χ2v) is 4.66. The van der Waals surface area contributed by atoms with Gasteiger partial charge in [0, 0.05) is 14.0 Å². The lowest BCUT2D eigenvalue weighted by Crippen LogP contribution is -2.46. The molecular weight excluding hydrogens is 206 g/mol. The molecule has 92 valence electrons. The van der Waals surface area contributed by atoms with Crippen molar-refractivity contribution in [3.05, 3.63) is 0 Å². The predicted molar refractivity (Wildman–Crippen MR) is 61.1 cm³/mol. The standard InChI is InChI=1S/C12H21NO3/c1-9(14)13(2)11(12(15)16)10-7-5-3-4-6-8-10/h10-11H,3-8H2,1-2H3,(H,15,16). The summed E-state index contributed by atoms with van der Waals surface area (Å²) < 4.78 is 0. The first kappa shape index (κ1) is 13.0. The lowest BCUT2D eigenvalue weighted by Gasteiger charge is -2.30. The molecule has 0 aromatic heterocycles. The van der Waals surface area contributed by atoms with Gasteiger partial charge < -0.3 is 10.0 Å². The van der Waals surface area contributed by atoms with Crippen molar-refractivity contribution in [2.45, 2.75) is 51.5 Å². The second-order valence-electron chi connectivity index (χ2n) is 4.66. The molecule has 1 unspecified atom stereocenters. The van der Waals surface area contributed by atoms with E-state index in [0.717, 1.165) is 25.7 Å². The highest BCUT2D eigenvalue weighted by Crippen LogP contribution is 2.28. The highest BCUT2D eigenvalue weighted by molar-refractivity contribution is 5.82. The lowest BCUT2D eigenvalue weighted by atomic mass is 9.91. The Kier molecular flexibility index (Phi) is 4.77. The van der Waals surface area contributed by atoms with Gasteiger partial charge in [0.25, 0.3) is 0 Å². The number of carboxylic acids is 1. The molecule has 1 amide bonds. The molecule has 0 saturated heterocycles. The van der Waals surface area contributed by atoms with Gasteiger partial charge in [0.15, 0.2) is 0 Å². The Balaban J connectivity index is 2.75. The van der Waals surface area contributed by atoms with Gasteiger partial charge in [0.05, 0.1) is 0 Å². The van der Waals surface area contributed by atoms with E-state index in [4.69, 9.17) is 0 Å². The number of aliphatic carboxylic acids is 1. The fraction of sp³-hybridized carbons (Fsp3) is 0.833. The Hall–Kier alpha value is -1.06. The molecule has 4 heteroatoms. The molecule has 1 rings (SSSR count). The van der Waals surface area contributed by atoms with Crippen LogP contribution in [0.25, 0.3) is 0 Å². The maximum absolute atomic E-state index is 11.3. The van der Waals surface area contributed by atoms with E-state index in [0.29, 0.717) is 0 Å². The first-order chi connectivity index (χ1) is 7.54. The van der Waals surface area contributed by atoms with E-state index >= 15 is 0 Å². The van der Waals surface area contributed by atoms with Gasteiger partial charge in [-0.15, -0.1) is 0 Å². The van der Waals surface area contributed by atoms with Gasteiger partial charge in [-0.25, -0.2) is 4.79 Å². The minimum Gasteiger partial charge on any atom is -0.480 e. The number of likely N-dealkylation sites (N-methyl/N-ethyl adjacent to an activating group) is 1. The molecule has 0 aromatic rings. The number of nitrogens with zero attached hydrogens (tertiary/aromatic N) is 1. The van der Waals surface area contributed by atoms with Gasteiger partial charge in [-0.3, -0.25) is 4.79 Å². The summed E-state index contributed by atoms with van der Waals surface area (Å²) in [5.74, 6) is -0.921. The van der Waals surface area contributed by atoms with Crippen LogP contribution in [0.5, 0.6) is 0 Å². The first-order valence-corrected chi connectivity index (χ1v) is 6.00. The third-order valence-corrected chi connectivity index (χ3v) is 3.51. The van der Waals surface area contributed by atoms with Crippen molar-refractivity contribution in [3.63, 3.8) is 0 Å². The van der Waals surface area contributed by atoms with Gasteiger partial charge in [-0.2, -0.15) is 0 Å². The number of carboxylic acid groups (broad SMARTS) is 1. The summed E-state index contributed by atoms with van der Waals surface area (Å²) in [6, 6.07) is -0.643. The van der Waals surface area contributed by atoms with E-state index in [1.54, 1.807) is 7.05 Å². The van der Waals surface area contributed by atoms with E-state index in [9.17, 15) is 14.7 Å². The summed E-state index contributed by atoms with van der Waals surface area (Å²) in [5, 5.41) is 9.24. The van der Waals surface area contributed by atoms with Crippen molar-refractivity contribution < 1.29 is 14.7 Å². The molecule has 0 aromatic carbocycles. The summed E-state index contributed by atoms with van der Waals surface area (Å²) in [6.45, 7) is 1.42. The molecule has 0 bridgehead atoms. The lowest BCUT2D eigenvalue weighted by molar-refractivity contribution is -0.151. The number of rotatable bonds is 3. The zero-order valence-electron chi connectivity index (χ0n) is 10.1. The highest BCUT2D eigenvalue weighted by Gasteiger charge is 2.33. The third-order valence-electron chi connectivity index (χ3n) is 3.51. The van der Waals surface area contributed by atoms with Crippen LogP contribution in [0.2, 0.25) is 0 Å². The average molecular weight is 227 g/mol. The van der Waals surface area contributed by atoms with E-state index in [2.05, 4.69) is 0 Å². The molecule has 1 aliphatic carbocycles. The Morgan fingerprint density at radius 3 is 2.06 bits per heavy atom. The first-order valence-electron chi connectivity index (χ1n) is 6.00. The SMILES string of the molecule is CC(=O)N(C)C(C(=O)O)C1CCCCCC1. The Morgan fingerprint density at radius 2 is 1.69 bits per heavy atom. The molecule has 0 spiro atoms. The minimum atomic E-state index is -0.871. The number of carbonyl (C=O) groups excluding carboxylic acids is 1. The maximum atomic E-state index is 11.3. The van der Waals surface area contributed by atoms with Crippen LogP contribution in [0, 0.1) is 5.92 Å². The van der Waals surface area contributed by atoms with Crippen LogP contribution in [0.3, 0.4) is 0 Å². The summed E-state index contributed by atoms with van der Waals surface area (Å²) >= 11 is 0. The van der Waals surface area contributed by atoms with E-state index in [-0.39, 0.29) is 11.8 Å². The summed E-state index contributed by atoms with van der Waals surface area (Å²) in [4.78, 5) is 23.9. The van der Waals surface area contributed by atoms with Crippen molar-refractivity contribution in [2.75, 3.05) is 7.05 Å².